The molecule has 6 nitrogen and oxygen atoms in total. The van der Waals surface area contributed by atoms with Crippen molar-refractivity contribution >= 4 is 11.6 Å². The zero-order chi connectivity index (χ0) is 16.9. The van der Waals surface area contributed by atoms with E-state index in [-0.39, 0.29) is 12.3 Å². The van der Waals surface area contributed by atoms with Crippen molar-refractivity contribution in [3.05, 3.63) is 60.4 Å². The lowest BCUT2D eigenvalue weighted by atomic mass is 10.1. The molecule has 0 saturated heterocycles. The quantitative estimate of drug-likeness (QED) is 0.784. The van der Waals surface area contributed by atoms with E-state index >= 15 is 0 Å². The van der Waals surface area contributed by atoms with E-state index in [0.29, 0.717) is 11.5 Å². The SMILES string of the molecule is COc1ccc(CC(=O)Nc2ccccc2-c2nncn2C)cc1. The number of nitrogens with zero attached hydrogens (tertiary/aromatic N) is 3. The fourth-order valence-electron chi connectivity index (χ4n) is 2.44. The van der Waals surface area contributed by atoms with Gasteiger partial charge < -0.3 is 14.6 Å². The lowest BCUT2D eigenvalue weighted by Gasteiger charge is -2.10. The second-order valence-corrected chi connectivity index (χ2v) is 5.38. The van der Waals surface area contributed by atoms with Gasteiger partial charge in [-0.3, -0.25) is 4.79 Å². The number of ether oxygens (including phenoxy) is 1. The van der Waals surface area contributed by atoms with Crippen LogP contribution in [0.5, 0.6) is 5.75 Å². The first-order valence-corrected chi connectivity index (χ1v) is 7.53. The second kappa shape index (κ2) is 6.95. The molecule has 0 bridgehead atoms. The summed E-state index contributed by atoms with van der Waals surface area (Å²) in [7, 11) is 3.48. The number of methoxy groups -OCH3 is 1. The molecule has 0 aliphatic heterocycles. The highest BCUT2D eigenvalue weighted by molar-refractivity contribution is 5.95. The third kappa shape index (κ3) is 3.43. The van der Waals surface area contributed by atoms with Gasteiger partial charge in [-0.2, -0.15) is 0 Å². The highest BCUT2D eigenvalue weighted by Gasteiger charge is 2.12. The molecule has 0 saturated carbocycles. The van der Waals surface area contributed by atoms with Gasteiger partial charge in [0.05, 0.1) is 19.2 Å². The number of aromatic nitrogens is 3. The molecule has 0 atom stereocenters. The molecule has 2 aromatic carbocycles. The van der Waals surface area contributed by atoms with Crippen molar-refractivity contribution in [2.75, 3.05) is 12.4 Å². The van der Waals surface area contributed by atoms with Crippen molar-refractivity contribution in [3.8, 4) is 17.1 Å². The third-order valence-electron chi connectivity index (χ3n) is 3.68. The van der Waals surface area contributed by atoms with E-state index in [1.54, 1.807) is 13.4 Å². The third-order valence-corrected chi connectivity index (χ3v) is 3.68. The Morgan fingerprint density at radius 3 is 2.58 bits per heavy atom. The van der Waals surface area contributed by atoms with Crippen LogP contribution in [-0.4, -0.2) is 27.8 Å². The Bertz CT molecular complexity index is 840. The number of hydrogen-bond donors (Lipinski definition) is 1. The predicted molar refractivity (Wildman–Crippen MR) is 91.8 cm³/mol. The van der Waals surface area contributed by atoms with E-state index < -0.39 is 0 Å². The summed E-state index contributed by atoms with van der Waals surface area (Å²) in [5.74, 6) is 1.39. The molecule has 0 aliphatic rings. The van der Waals surface area contributed by atoms with Gasteiger partial charge in [-0.1, -0.05) is 24.3 Å². The number of benzene rings is 2. The van der Waals surface area contributed by atoms with Crippen LogP contribution in [0.15, 0.2) is 54.9 Å². The highest BCUT2D eigenvalue weighted by atomic mass is 16.5. The molecule has 1 amide bonds. The van der Waals surface area contributed by atoms with Gasteiger partial charge in [0.15, 0.2) is 5.82 Å². The second-order valence-electron chi connectivity index (χ2n) is 5.38. The number of carbonyl (C=O) groups is 1. The Morgan fingerprint density at radius 2 is 1.92 bits per heavy atom. The van der Waals surface area contributed by atoms with Crippen LogP contribution in [0, 0.1) is 0 Å². The summed E-state index contributed by atoms with van der Waals surface area (Å²) in [5.41, 5.74) is 2.47. The van der Waals surface area contributed by atoms with Gasteiger partial charge in [-0.05, 0) is 29.8 Å². The zero-order valence-corrected chi connectivity index (χ0v) is 13.6. The van der Waals surface area contributed by atoms with E-state index in [1.165, 1.54) is 0 Å². The van der Waals surface area contributed by atoms with Crippen LogP contribution in [0.25, 0.3) is 11.4 Å². The largest absolute Gasteiger partial charge is 0.497 e. The van der Waals surface area contributed by atoms with Gasteiger partial charge >= 0.3 is 0 Å². The standard InChI is InChI=1S/C18H18N4O2/c1-22-12-19-21-18(22)15-5-3-4-6-16(15)20-17(23)11-13-7-9-14(24-2)10-8-13/h3-10,12H,11H2,1-2H3,(H,20,23). The van der Waals surface area contributed by atoms with Gasteiger partial charge in [0.2, 0.25) is 5.91 Å². The van der Waals surface area contributed by atoms with Crippen molar-refractivity contribution in [1.29, 1.82) is 0 Å². The number of hydrogen-bond acceptors (Lipinski definition) is 4. The van der Waals surface area contributed by atoms with Crippen LogP contribution in [0.2, 0.25) is 0 Å². The number of para-hydroxylation sites is 1. The van der Waals surface area contributed by atoms with Crippen LogP contribution in [0.4, 0.5) is 5.69 Å². The molecule has 0 aliphatic carbocycles. The maximum absolute atomic E-state index is 12.4. The molecular formula is C18H18N4O2. The first-order valence-electron chi connectivity index (χ1n) is 7.53. The Labute approximate surface area is 140 Å². The molecule has 1 N–H and O–H groups in total. The summed E-state index contributed by atoms with van der Waals surface area (Å²) in [6.45, 7) is 0. The van der Waals surface area contributed by atoms with Crippen LogP contribution in [0.1, 0.15) is 5.56 Å². The maximum atomic E-state index is 12.4. The summed E-state index contributed by atoms with van der Waals surface area (Å²) in [6.07, 6.45) is 1.92. The number of carbonyl (C=O) groups excluding carboxylic acids is 1. The molecule has 3 aromatic rings. The molecule has 0 unspecified atom stereocenters. The fourth-order valence-corrected chi connectivity index (χ4v) is 2.44. The van der Waals surface area contributed by atoms with Crippen molar-refractivity contribution in [1.82, 2.24) is 14.8 Å². The summed E-state index contributed by atoms with van der Waals surface area (Å²) in [6, 6.07) is 15.0. The number of rotatable bonds is 5. The van der Waals surface area contributed by atoms with Crippen molar-refractivity contribution in [2.24, 2.45) is 7.05 Å². The number of aryl methyl sites for hydroxylation is 1. The van der Waals surface area contributed by atoms with E-state index in [4.69, 9.17) is 4.74 Å². The number of nitrogens with one attached hydrogen (secondary N) is 1. The minimum absolute atomic E-state index is 0.0882. The van der Waals surface area contributed by atoms with Crippen LogP contribution < -0.4 is 10.1 Å². The molecule has 122 valence electrons. The van der Waals surface area contributed by atoms with Gasteiger partial charge in [0.25, 0.3) is 0 Å². The molecule has 3 rings (SSSR count). The minimum Gasteiger partial charge on any atom is -0.497 e. The van der Waals surface area contributed by atoms with E-state index in [1.807, 2.05) is 60.1 Å². The Morgan fingerprint density at radius 1 is 1.17 bits per heavy atom. The minimum atomic E-state index is -0.0882. The molecule has 1 heterocycles. The summed E-state index contributed by atoms with van der Waals surface area (Å²) in [5, 5.41) is 10.9. The lowest BCUT2D eigenvalue weighted by Crippen LogP contribution is -2.15. The molecule has 0 radical (unpaired) electrons. The molecule has 0 spiro atoms. The molecule has 0 fully saturated rings. The molecule has 24 heavy (non-hydrogen) atoms. The first-order chi connectivity index (χ1) is 11.7. The monoisotopic (exact) mass is 322 g/mol. The van der Waals surface area contributed by atoms with Crippen molar-refractivity contribution < 1.29 is 9.53 Å². The van der Waals surface area contributed by atoms with Gasteiger partial charge in [0.1, 0.15) is 12.1 Å². The van der Waals surface area contributed by atoms with E-state index in [2.05, 4.69) is 15.5 Å². The highest BCUT2D eigenvalue weighted by Crippen LogP contribution is 2.25. The Hall–Kier alpha value is -3.15. The Kier molecular flexibility index (Phi) is 4.56. The lowest BCUT2D eigenvalue weighted by molar-refractivity contribution is -0.115. The Balaban J connectivity index is 1.76. The van der Waals surface area contributed by atoms with Crippen molar-refractivity contribution in [3.63, 3.8) is 0 Å². The van der Waals surface area contributed by atoms with Gasteiger partial charge in [-0.25, -0.2) is 0 Å². The summed E-state index contributed by atoms with van der Waals surface area (Å²) in [4.78, 5) is 12.4. The van der Waals surface area contributed by atoms with E-state index in [9.17, 15) is 4.79 Å². The smallest absolute Gasteiger partial charge is 0.228 e. The first kappa shape index (κ1) is 15.7. The van der Waals surface area contributed by atoms with Gasteiger partial charge in [0, 0.05) is 12.6 Å². The number of anilines is 1. The molecular weight excluding hydrogens is 304 g/mol. The fraction of sp³-hybridized carbons (Fsp3) is 0.167. The topological polar surface area (TPSA) is 69.0 Å². The number of amides is 1. The normalized spacial score (nSPS) is 10.4. The summed E-state index contributed by atoms with van der Waals surface area (Å²) >= 11 is 0. The van der Waals surface area contributed by atoms with E-state index in [0.717, 1.165) is 16.9 Å². The molecule has 1 aromatic heterocycles. The average Bonchev–Trinajstić information content (AvgIpc) is 3.02. The van der Waals surface area contributed by atoms with Crippen molar-refractivity contribution in [2.45, 2.75) is 6.42 Å². The predicted octanol–water partition coefficient (Wildman–Crippen LogP) is 2.67. The van der Waals surface area contributed by atoms with Crippen LogP contribution in [0.3, 0.4) is 0 Å². The van der Waals surface area contributed by atoms with Crippen LogP contribution in [-0.2, 0) is 18.3 Å². The molecule has 6 heteroatoms. The maximum Gasteiger partial charge on any atom is 0.228 e. The average molecular weight is 322 g/mol. The van der Waals surface area contributed by atoms with Crippen LogP contribution >= 0.6 is 0 Å². The van der Waals surface area contributed by atoms with Gasteiger partial charge in [-0.15, -0.1) is 10.2 Å². The zero-order valence-electron chi connectivity index (χ0n) is 13.6. The summed E-state index contributed by atoms with van der Waals surface area (Å²) < 4.78 is 6.94.